The van der Waals surface area contributed by atoms with Gasteiger partial charge < -0.3 is 11.1 Å². The van der Waals surface area contributed by atoms with E-state index < -0.39 is 10.0 Å². The fraction of sp³-hybridized carbons (Fsp3) is 0.462. The maximum absolute atomic E-state index is 12.0. The number of rotatable bonds is 6. The van der Waals surface area contributed by atoms with Crippen LogP contribution in [0.4, 0.5) is 5.69 Å². The van der Waals surface area contributed by atoms with Crippen molar-refractivity contribution in [1.29, 1.82) is 0 Å². The van der Waals surface area contributed by atoms with E-state index in [1.165, 1.54) is 12.1 Å². The van der Waals surface area contributed by atoms with Gasteiger partial charge in [-0.2, -0.15) is 0 Å². The summed E-state index contributed by atoms with van der Waals surface area (Å²) in [6.07, 6.45) is 0.733. The molecule has 1 amide bonds. The summed E-state index contributed by atoms with van der Waals surface area (Å²) in [5.74, 6) is -0.373. The SMILES string of the molecule is CCc1ccc(S(=O)(=O)NCC(=O)NC(C)C)cc1N. The second-order valence-electron chi connectivity index (χ2n) is 4.76. The Balaban J connectivity index is 2.79. The fourth-order valence-corrected chi connectivity index (χ4v) is 2.70. The average molecular weight is 299 g/mol. The van der Waals surface area contributed by atoms with Crippen molar-refractivity contribution < 1.29 is 13.2 Å². The van der Waals surface area contributed by atoms with Crippen molar-refractivity contribution in [2.75, 3.05) is 12.3 Å². The Morgan fingerprint density at radius 1 is 1.35 bits per heavy atom. The standard InChI is InChI=1S/C13H21N3O3S/c1-4-10-5-6-11(7-12(10)14)20(18,19)15-8-13(17)16-9(2)3/h5-7,9,15H,4,8,14H2,1-3H3,(H,16,17). The lowest BCUT2D eigenvalue weighted by Crippen LogP contribution is -2.39. The van der Waals surface area contributed by atoms with Crippen LogP contribution in [0, 0.1) is 0 Å². The van der Waals surface area contributed by atoms with Crippen LogP contribution in [0.1, 0.15) is 26.3 Å². The Morgan fingerprint density at radius 2 is 2.00 bits per heavy atom. The molecule has 0 bridgehead atoms. The Hall–Kier alpha value is -1.60. The lowest BCUT2D eigenvalue weighted by molar-refractivity contribution is -0.120. The zero-order valence-corrected chi connectivity index (χ0v) is 12.8. The summed E-state index contributed by atoms with van der Waals surface area (Å²) in [4.78, 5) is 11.5. The topological polar surface area (TPSA) is 101 Å². The summed E-state index contributed by atoms with van der Waals surface area (Å²) in [7, 11) is -3.73. The highest BCUT2D eigenvalue weighted by molar-refractivity contribution is 7.89. The number of carbonyl (C=O) groups is 1. The van der Waals surface area contributed by atoms with Crippen molar-refractivity contribution in [1.82, 2.24) is 10.0 Å². The van der Waals surface area contributed by atoms with Crippen LogP contribution in [0.2, 0.25) is 0 Å². The first-order valence-corrected chi connectivity index (χ1v) is 7.92. The number of sulfonamides is 1. The van der Waals surface area contributed by atoms with Gasteiger partial charge in [0.2, 0.25) is 15.9 Å². The highest BCUT2D eigenvalue weighted by atomic mass is 32.2. The van der Waals surface area contributed by atoms with Crippen LogP contribution in [-0.4, -0.2) is 26.9 Å². The van der Waals surface area contributed by atoms with Crippen molar-refractivity contribution in [3.05, 3.63) is 23.8 Å². The van der Waals surface area contributed by atoms with Gasteiger partial charge in [-0.1, -0.05) is 13.0 Å². The largest absolute Gasteiger partial charge is 0.398 e. The summed E-state index contributed by atoms with van der Waals surface area (Å²) < 4.78 is 26.3. The van der Waals surface area contributed by atoms with Gasteiger partial charge in [0, 0.05) is 11.7 Å². The first kappa shape index (κ1) is 16.5. The molecule has 1 rings (SSSR count). The third-order valence-corrected chi connectivity index (χ3v) is 4.08. The number of amides is 1. The smallest absolute Gasteiger partial charge is 0.241 e. The minimum Gasteiger partial charge on any atom is -0.398 e. The minimum atomic E-state index is -3.73. The molecule has 4 N–H and O–H groups in total. The van der Waals surface area contributed by atoms with E-state index in [-0.39, 0.29) is 23.4 Å². The molecular weight excluding hydrogens is 278 g/mol. The highest BCUT2D eigenvalue weighted by Gasteiger charge is 2.16. The fourth-order valence-electron chi connectivity index (χ4n) is 1.68. The van der Waals surface area contributed by atoms with Crippen molar-refractivity contribution >= 4 is 21.6 Å². The van der Waals surface area contributed by atoms with Crippen LogP contribution >= 0.6 is 0 Å². The third-order valence-electron chi connectivity index (χ3n) is 2.68. The lowest BCUT2D eigenvalue weighted by atomic mass is 10.1. The molecule has 6 nitrogen and oxygen atoms in total. The summed E-state index contributed by atoms with van der Waals surface area (Å²) in [6, 6.07) is 4.53. The molecule has 20 heavy (non-hydrogen) atoms. The normalized spacial score (nSPS) is 11.6. The molecule has 0 fully saturated rings. The van der Waals surface area contributed by atoms with Crippen LogP contribution < -0.4 is 15.8 Å². The molecule has 0 aliphatic heterocycles. The molecule has 1 aromatic rings. The summed E-state index contributed by atoms with van der Waals surface area (Å²) in [5.41, 5.74) is 7.10. The number of nitrogen functional groups attached to an aromatic ring is 1. The molecule has 0 aliphatic rings. The molecule has 112 valence electrons. The summed E-state index contributed by atoms with van der Waals surface area (Å²) >= 11 is 0. The monoisotopic (exact) mass is 299 g/mol. The van der Waals surface area contributed by atoms with Gasteiger partial charge in [0.25, 0.3) is 0 Å². The van der Waals surface area contributed by atoms with Gasteiger partial charge in [-0.05, 0) is 38.0 Å². The predicted octanol–water partition coefficient (Wildman–Crippen LogP) is 0.634. The van der Waals surface area contributed by atoms with Crippen molar-refractivity contribution in [3.8, 4) is 0 Å². The zero-order chi connectivity index (χ0) is 15.3. The van der Waals surface area contributed by atoms with Gasteiger partial charge in [0.05, 0.1) is 11.4 Å². The van der Waals surface area contributed by atoms with Gasteiger partial charge in [0.15, 0.2) is 0 Å². The number of hydrogen-bond donors (Lipinski definition) is 3. The minimum absolute atomic E-state index is 0.0357. The molecule has 0 heterocycles. The van der Waals surface area contributed by atoms with Gasteiger partial charge in [0.1, 0.15) is 0 Å². The van der Waals surface area contributed by atoms with Gasteiger partial charge in [-0.25, -0.2) is 13.1 Å². The van der Waals surface area contributed by atoms with Crippen molar-refractivity contribution in [3.63, 3.8) is 0 Å². The first-order chi connectivity index (χ1) is 9.26. The predicted molar refractivity (Wildman–Crippen MR) is 78.7 cm³/mol. The number of benzene rings is 1. The quantitative estimate of drug-likeness (QED) is 0.671. The first-order valence-electron chi connectivity index (χ1n) is 6.43. The Labute approximate surface area is 119 Å². The number of carbonyl (C=O) groups excluding carboxylic acids is 1. The molecule has 0 atom stereocenters. The molecule has 7 heteroatoms. The second-order valence-corrected chi connectivity index (χ2v) is 6.53. The Bertz CT molecular complexity index is 583. The molecule has 0 saturated carbocycles. The molecule has 0 spiro atoms. The average Bonchev–Trinajstić information content (AvgIpc) is 2.35. The molecule has 0 unspecified atom stereocenters. The van der Waals surface area contributed by atoms with E-state index in [1.54, 1.807) is 19.9 Å². The van der Waals surface area contributed by atoms with Crippen LogP contribution in [0.3, 0.4) is 0 Å². The number of hydrogen-bond acceptors (Lipinski definition) is 4. The van der Waals surface area contributed by atoms with Gasteiger partial charge in [-0.3, -0.25) is 4.79 Å². The van der Waals surface area contributed by atoms with Crippen LogP contribution in [0.15, 0.2) is 23.1 Å². The van der Waals surface area contributed by atoms with E-state index >= 15 is 0 Å². The van der Waals surface area contributed by atoms with E-state index in [0.29, 0.717) is 5.69 Å². The van der Waals surface area contributed by atoms with Crippen molar-refractivity contribution in [2.24, 2.45) is 0 Å². The van der Waals surface area contributed by atoms with Gasteiger partial charge in [-0.15, -0.1) is 0 Å². The molecule has 1 aromatic carbocycles. The van der Waals surface area contributed by atoms with E-state index in [0.717, 1.165) is 12.0 Å². The number of nitrogens with one attached hydrogen (secondary N) is 2. The van der Waals surface area contributed by atoms with Crippen LogP contribution in [0.5, 0.6) is 0 Å². The van der Waals surface area contributed by atoms with Crippen LogP contribution in [0.25, 0.3) is 0 Å². The van der Waals surface area contributed by atoms with E-state index in [1.807, 2.05) is 6.92 Å². The number of nitrogens with two attached hydrogens (primary N) is 1. The second kappa shape index (κ2) is 6.71. The lowest BCUT2D eigenvalue weighted by Gasteiger charge is -2.11. The Kier molecular flexibility index (Phi) is 5.52. The summed E-state index contributed by atoms with van der Waals surface area (Å²) in [6.45, 7) is 5.25. The van der Waals surface area contributed by atoms with Crippen LogP contribution in [-0.2, 0) is 21.2 Å². The summed E-state index contributed by atoms with van der Waals surface area (Å²) in [5, 5.41) is 2.61. The molecule has 0 aliphatic carbocycles. The number of aryl methyl sites for hydroxylation is 1. The van der Waals surface area contributed by atoms with E-state index in [9.17, 15) is 13.2 Å². The highest BCUT2D eigenvalue weighted by Crippen LogP contribution is 2.18. The molecule has 0 aromatic heterocycles. The Morgan fingerprint density at radius 3 is 2.50 bits per heavy atom. The number of anilines is 1. The van der Waals surface area contributed by atoms with E-state index in [2.05, 4.69) is 10.0 Å². The third kappa shape index (κ3) is 4.50. The van der Waals surface area contributed by atoms with Gasteiger partial charge >= 0.3 is 0 Å². The molecule has 0 radical (unpaired) electrons. The van der Waals surface area contributed by atoms with Crippen molar-refractivity contribution in [2.45, 2.75) is 38.1 Å². The molecular formula is C13H21N3O3S. The van der Waals surface area contributed by atoms with E-state index in [4.69, 9.17) is 5.73 Å². The maximum atomic E-state index is 12.0. The molecule has 0 saturated heterocycles. The zero-order valence-electron chi connectivity index (χ0n) is 11.9. The maximum Gasteiger partial charge on any atom is 0.241 e.